The first-order valence-corrected chi connectivity index (χ1v) is 7.39. The van der Waals surface area contributed by atoms with Gasteiger partial charge in [-0.05, 0) is 18.9 Å². The summed E-state index contributed by atoms with van der Waals surface area (Å²) in [5.41, 5.74) is 0.983. The zero-order valence-electron chi connectivity index (χ0n) is 11.9. The molecule has 0 aliphatic carbocycles. The fourth-order valence-electron chi connectivity index (χ4n) is 3.02. The third kappa shape index (κ3) is 3.01. The summed E-state index contributed by atoms with van der Waals surface area (Å²) in [6, 6.07) is 10.1. The minimum atomic E-state index is -0.196. The molecular weight excluding hydrogens is 266 g/mol. The van der Waals surface area contributed by atoms with Gasteiger partial charge in [-0.15, -0.1) is 0 Å². The van der Waals surface area contributed by atoms with Crippen molar-refractivity contribution in [2.24, 2.45) is 0 Å². The van der Waals surface area contributed by atoms with Crippen LogP contribution >= 0.6 is 0 Å². The molecule has 0 radical (unpaired) electrons. The second-order valence-electron chi connectivity index (χ2n) is 5.62. The predicted octanol–water partition coefficient (Wildman–Crippen LogP) is 1.27. The van der Waals surface area contributed by atoms with E-state index in [1.54, 1.807) is 0 Å². The molecule has 5 heteroatoms. The molecule has 1 amide bonds. The maximum atomic E-state index is 12.4. The molecule has 1 unspecified atom stereocenters. The number of likely N-dealkylation sites (tertiary alicyclic amines) is 1. The molecule has 110 valence electrons. The number of nitrogens with zero attached hydrogens (tertiary/aromatic N) is 2. The Kier molecular flexibility index (Phi) is 4.07. The topological polar surface area (TPSA) is 65.4 Å². The van der Waals surface area contributed by atoms with Crippen molar-refractivity contribution in [2.75, 3.05) is 26.2 Å². The Morgan fingerprint density at radius 3 is 2.90 bits per heavy atom. The molecule has 0 aromatic heterocycles. The van der Waals surface area contributed by atoms with Crippen LogP contribution < -0.4 is 10.1 Å². The Hall–Kier alpha value is -2.06. The highest BCUT2D eigenvalue weighted by molar-refractivity contribution is 5.85. The lowest BCUT2D eigenvalue weighted by Crippen LogP contribution is -2.46. The van der Waals surface area contributed by atoms with Gasteiger partial charge in [0.2, 0.25) is 5.91 Å². The average molecular weight is 285 g/mol. The third-order valence-corrected chi connectivity index (χ3v) is 4.24. The van der Waals surface area contributed by atoms with E-state index in [9.17, 15) is 4.79 Å². The van der Waals surface area contributed by atoms with Crippen LogP contribution in [0.3, 0.4) is 0 Å². The Labute approximate surface area is 124 Å². The van der Waals surface area contributed by atoms with Gasteiger partial charge >= 0.3 is 0 Å². The second kappa shape index (κ2) is 6.15. The first-order valence-electron chi connectivity index (χ1n) is 7.39. The highest BCUT2D eigenvalue weighted by Crippen LogP contribution is 2.33. The van der Waals surface area contributed by atoms with E-state index in [2.05, 4.69) is 16.3 Å². The molecule has 0 spiro atoms. The highest BCUT2D eigenvalue weighted by atomic mass is 16.5. The largest absolute Gasteiger partial charge is 0.492 e. The molecule has 2 heterocycles. The van der Waals surface area contributed by atoms with E-state index in [1.165, 1.54) is 0 Å². The van der Waals surface area contributed by atoms with E-state index < -0.39 is 0 Å². The summed E-state index contributed by atoms with van der Waals surface area (Å²) >= 11 is 0. The van der Waals surface area contributed by atoms with E-state index >= 15 is 0 Å². The molecule has 1 saturated heterocycles. The van der Waals surface area contributed by atoms with E-state index in [0.717, 1.165) is 37.2 Å². The zero-order valence-corrected chi connectivity index (χ0v) is 11.9. The standard InChI is InChI=1S/C16H19N3O2/c17-7-10-19-8-5-12(6-9-19)18-16(20)14-11-21-15-4-2-1-3-13(14)15/h1-4,12,14H,5-6,8-11H2,(H,18,20). The van der Waals surface area contributed by atoms with Crippen molar-refractivity contribution in [3.63, 3.8) is 0 Å². The van der Waals surface area contributed by atoms with Gasteiger partial charge in [-0.3, -0.25) is 9.69 Å². The van der Waals surface area contributed by atoms with Crippen LogP contribution in [0.4, 0.5) is 0 Å². The number of carbonyl (C=O) groups excluding carboxylic acids is 1. The molecule has 0 saturated carbocycles. The molecule has 5 nitrogen and oxygen atoms in total. The predicted molar refractivity (Wildman–Crippen MR) is 77.9 cm³/mol. The van der Waals surface area contributed by atoms with Gasteiger partial charge in [-0.25, -0.2) is 0 Å². The van der Waals surface area contributed by atoms with Crippen LogP contribution in [0.2, 0.25) is 0 Å². The number of hydrogen-bond donors (Lipinski definition) is 1. The molecule has 0 bridgehead atoms. The van der Waals surface area contributed by atoms with Gasteiger partial charge in [-0.2, -0.15) is 5.26 Å². The number of ether oxygens (including phenoxy) is 1. The number of hydrogen-bond acceptors (Lipinski definition) is 4. The zero-order chi connectivity index (χ0) is 14.7. The van der Waals surface area contributed by atoms with E-state index in [1.807, 2.05) is 24.3 Å². The van der Waals surface area contributed by atoms with Crippen LogP contribution in [0.15, 0.2) is 24.3 Å². The molecule has 21 heavy (non-hydrogen) atoms. The van der Waals surface area contributed by atoms with Crippen LogP contribution in [-0.4, -0.2) is 43.1 Å². The SMILES string of the molecule is N#CCN1CCC(NC(=O)C2COc3ccccc32)CC1. The quantitative estimate of drug-likeness (QED) is 0.849. The molecular formula is C16H19N3O2. The van der Waals surface area contributed by atoms with Gasteiger partial charge in [0.05, 0.1) is 12.6 Å². The fourth-order valence-corrected chi connectivity index (χ4v) is 3.02. The van der Waals surface area contributed by atoms with Gasteiger partial charge in [0, 0.05) is 24.7 Å². The van der Waals surface area contributed by atoms with Gasteiger partial charge in [0.1, 0.15) is 18.3 Å². The van der Waals surface area contributed by atoms with E-state index in [4.69, 9.17) is 10.00 Å². The fraction of sp³-hybridized carbons (Fsp3) is 0.500. The number of para-hydroxylation sites is 1. The van der Waals surface area contributed by atoms with Crippen LogP contribution in [0, 0.1) is 11.3 Å². The van der Waals surface area contributed by atoms with Gasteiger partial charge in [0.25, 0.3) is 0 Å². The van der Waals surface area contributed by atoms with Crippen molar-refractivity contribution >= 4 is 5.91 Å². The molecule has 1 fully saturated rings. The molecule has 1 aromatic rings. The first-order chi connectivity index (χ1) is 10.3. The number of fused-ring (bicyclic) bond motifs is 1. The van der Waals surface area contributed by atoms with Gasteiger partial charge < -0.3 is 10.1 Å². The maximum Gasteiger partial charge on any atom is 0.231 e. The Bertz CT molecular complexity index is 559. The lowest BCUT2D eigenvalue weighted by Gasteiger charge is -2.31. The normalized spacial score (nSPS) is 22.1. The van der Waals surface area contributed by atoms with Crippen LogP contribution in [-0.2, 0) is 4.79 Å². The van der Waals surface area contributed by atoms with Crippen molar-refractivity contribution in [3.05, 3.63) is 29.8 Å². The molecule has 1 aromatic carbocycles. The summed E-state index contributed by atoms with van der Waals surface area (Å²) < 4.78 is 5.57. The van der Waals surface area contributed by atoms with Crippen molar-refractivity contribution < 1.29 is 9.53 Å². The lowest BCUT2D eigenvalue weighted by atomic mass is 9.98. The smallest absolute Gasteiger partial charge is 0.231 e. The molecule has 3 rings (SSSR count). The number of nitriles is 1. The average Bonchev–Trinajstić information content (AvgIpc) is 2.93. The van der Waals surface area contributed by atoms with E-state index in [-0.39, 0.29) is 17.9 Å². The van der Waals surface area contributed by atoms with Crippen molar-refractivity contribution in [3.8, 4) is 11.8 Å². The van der Waals surface area contributed by atoms with Gasteiger partial charge in [0.15, 0.2) is 0 Å². The summed E-state index contributed by atoms with van der Waals surface area (Å²) in [6.07, 6.45) is 1.81. The van der Waals surface area contributed by atoms with Crippen molar-refractivity contribution in [1.29, 1.82) is 5.26 Å². The maximum absolute atomic E-state index is 12.4. The first kappa shape index (κ1) is 13.9. The Morgan fingerprint density at radius 1 is 1.38 bits per heavy atom. The molecule has 2 aliphatic rings. The second-order valence-corrected chi connectivity index (χ2v) is 5.62. The van der Waals surface area contributed by atoms with Crippen molar-refractivity contribution in [2.45, 2.75) is 24.8 Å². The summed E-state index contributed by atoms with van der Waals surface area (Å²) in [7, 11) is 0. The molecule has 1 N–H and O–H groups in total. The number of carbonyl (C=O) groups is 1. The van der Waals surface area contributed by atoms with Gasteiger partial charge in [-0.1, -0.05) is 18.2 Å². The minimum absolute atomic E-state index is 0.0543. The number of amides is 1. The Balaban J connectivity index is 1.55. The molecule has 1 atom stereocenters. The summed E-state index contributed by atoms with van der Waals surface area (Å²) in [6.45, 7) is 2.65. The number of rotatable bonds is 3. The number of piperidine rings is 1. The minimum Gasteiger partial charge on any atom is -0.492 e. The van der Waals surface area contributed by atoms with Crippen LogP contribution in [0.25, 0.3) is 0 Å². The molecule has 2 aliphatic heterocycles. The van der Waals surface area contributed by atoms with Crippen molar-refractivity contribution in [1.82, 2.24) is 10.2 Å². The number of nitrogens with one attached hydrogen (secondary N) is 1. The van der Waals surface area contributed by atoms with E-state index in [0.29, 0.717) is 13.2 Å². The summed E-state index contributed by atoms with van der Waals surface area (Å²) in [5.74, 6) is 0.679. The number of benzene rings is 1. The third-order valence-electron chi connectivity index (χ3n) is 4.24. The summed E-state index contributed by atoms with van der Waals surface area (Å²) in [5, 5.41) is 11.8. The summed E-state index contributed by atoms with van der Waals surface area (Å²) in [4.78, 5) is 14.5. The Morgan fingerprint density at radius 2 is 2.14 bits per heavy atom. The lowest BCUT2D eigenvalue weighted by molar-refractivity contribution is -0.123. The monoisotopic (exact) mass is 285 g/mol. The van der Waals surface area contributed by atoms with Crippen LogP contribution in [0.5, 0.6) is 5.75 Å². The highest BCUT2D eigenvalue weighted by Gasteiger charge is 2.31. The van der Waals surface area contributed by atoms with Crippen LogP contribution in [0.1, 0.15) is 24.3 Å².